The van der Waals surface area contributed by atoms with E-state index in [1.165, 1.54) is 5.56 Å². The van der Waals surface area contributed by atoms with Crippen LogP contribution >= 0.6 is 0 Å². The summed E-state index contributed by atoms with van der Waals surface area (Å²) in [6.45, 7) is 2.95. The van der Waals surface area contributed by atoms with E-state index >= 15 is 0 Å². The van der Waals surface area contributed by atoms with Crippen molar-refractivity contribution in [3.05, 3.63) is 30.1 Å². The van der Waals surface area contributed by atoms with Gasteiger partial charge in [0.05, 0.1) is 0 Å². The van der Waals surface area contributed by atoms with Crippen molar-refractivity contribution in [1.82, 2.24) is 15.6 Å². The van der Waals surface area contributed by atoms with Gasteiger partial charge in [0.2, 0.25) is 5.91 Å². The smallest absolute Gasteiger partial charge is 0.220 e. The van der Waals surface area contributed by atoms with E-state index < -0.39 is 0 Å². The van der Waals surface area contributed by atoms with Crippen molar-refractivity contribution in [3.63, 3.8) is 0 Å². The fraction of sp³-hybridized carbons (Fsp3) is 0.500. The number of hydrogen-bond acceptors (Lipinski definition) is 3. The topological polar surface area (TPSA) is 54.0 Å². The lowest BCUT2D eigenvalue weighted by atomic mass is 10.1. The number of amides is 1. The Morgan fingerprint density at radius 1 is 1.56 bits per heavy atom. The fourth-order valence-electron chi connectivity index (χ4n) is 1.92. The molecule has 16 heavy (non-hydrogen) atoms. The number of nitrogens with one attached hydrogen (secondary N) is 2. The maximum absolute atomic E-state index is 11.0. The highest BCUT2D eigenvalue weighted by molar-refractivity contribution is 5.78. The second-order valence-corrected chi connectivity index (χ2v) is 4.21. The zero-order valence-corrected chi connectivity index (χ0v) is 9.44. The lowest BCUT2D eigenvalue weighted by molar-refractivity contribution is -0.119. The third kappa shape index (κ3) is 2.79. The van der Waals surface area contributed by atoms with Gasteiger partial charge >= 0.3 is 0 Å². The van der Waals surface area contributed by atoms with Gasteiger partial charge in [-0.2, -0.15) is 0 Å². The van der Waals surface area contributed by atoms with E-state index in [4.69, 9.17) is 0 Å². The Balaban J connectivity index is 1.80. The first-order valence-corrected chi connectivity index (χ1v) is 5.68. The van der Waals surface area contributed by atoms with E-state index in [1.54, 1.807) is 12.4 Å². The van der Waals surface area contributed by atoms with Gasteiger partial charge < -0.3 is 10.6 Å². The quantitative estimate of drug-likeness (QED) is 0.794. The van der Waals surface area contributed by atoms with Crippen LogP contribution in [0.2, 0.25) is 0 Å². The molecule has 1 aliphatic heterocycles. The van der Waals surface area contributed by atoms with Crippen LogP contribution in [0.3, 0.4) is 0 Å². The van der Waals surface area contributed by atoms with Crippen LogP contribution in [0.5, 0.6) is 0 Å². The van der Waals surface area contributed by atoms with E-state index in [9.17, 15) is 4.79 Å². The van der Waals surface area contributed by atoms with E-state index in [2.05, 4.69) is 22.5 Å². The Kier molecular flexibility index (Phi) is 3.51. The van der Waals surface area contributed by atoms with E-state index in [-0.39, 0.29) is 11.9 Å². The minimum atomic E-state index is 0.170. The van der Waals surface area contributed by atoms with Crippen molar-refractivity contribution >= 4 is 5.91 Å². The number of aromatic nitrogens is 1. The summed E-state index contributed by atoms with van der Waals surface area (Å²) < 4.78 is 0. The van der Waals surface area contributed by atoms with E-state index in [1.807, 2.05) is 12.1 Å². The first-order chi connectivity index (χ1) is 7.75. The molecule has 0 saturated carbocycles. The first-order valence-electron chi connectivity index (χ1n) is 5.68. The van der Waals surface area contributed by atoms with Gasteiger partial charge in [0, 0.05) is 37.4 Å². The van der Waals surface area contributed by atoms with Crippen LogP contribution in [0.15, 0.2) is 24.5 Å². The predicted octanol–water partition coefficient (Wildman–Crippen LogP) is 1.01. The predicted molar refractivity (Wildman–Crippen MR) is 61.8 cm³/mol. The average molecular weight is 219 g/mol. The molecule has 1 aliphatic rings. The Morgan fingerprint density at radius 2 is 2.31 bits per heavy atom. The van der Waals surface area contributed by atoms with Crippen LogP contribution in [0.4, 0.5) is 0 Å². The Labute approximate surface area is 95.5 Å². The van der Waals surface area contributed by atoms with Gasteiger partial charge in [-0.25, -0.2) is 0 Å². The molecule has 1 amide bonds. The van der Waals surface area contributed by atoms with Crippen LogP contribution < -0.4 is 10.6 Å². The van der Waals surface area contributed by atoms with Crippen molar-refractivity contribution in [1.29, 1.82) is 0 Å². The van der Waals surface area contributed by atoms with Gasteiger partial charge in [0.1, 0.15) is 0 Å². The zero-order valence-electron chi connectivity index (χ0n) is 9.44. The second kappa shape index (κ2) is 5.07. The SMILES string of the molecule is C[C@H](NCC1CCC(=O)N1)c1ccncc1. The van der Waals surface area contributed by atoms with Gasteiger partial charge in [-0.1, -0.05) is 0 Å². The average Bonchev–Trinajstić information content (AvgIpc) is 2.73. The monoisotopic (exact) mass is 219 g/mol. The summed E-state index contributed by atoms with van der Waals surface area (Å²) in [7, 11) is 0. The lowest BCUT2D eigenvalue weighted by Crippen LogP contribution is -2.36. The summed E-state index contributed by atoms with van der Waals surface area (Å²) in [4.78, 5) is 15.0. The molecule has 2 heterocycles. The molecular formula is C12H17N3O. The van der Waals surface area contributed by atoms with Gasteiger partial charge in [0.25, 0.3) is 0 Å². The summed E-state index contributed by atoms with van der Waals surface area (Å²) in [5.74, 6) is 0.170. The molecule has 2 N–H and O–H groups in total. The number of hydrogen-bond donors (Lipinski definition) is 2. The maximum Gasteiger partial charge on any atom is 0.220 e. The van der Waals surface area contributed by atoms with Gasteiger partial charge in [-0.05, 0) is 31.0 Å². The van der Waals surface area contributed by atoms with Crippen LogP contribution in [0.1, 0.15) is 31.4 Å². The number of carbonyl (C=O) groups excluding carboxylic acids is 1. The van der Waals surface area contributed by atoms with Crippen molar-refractivity contribution in [2.75, 3.05) is 6.54 Å². The van der Waals surface area contributed by atoms with E-state index in [0.29, 0.717) is 12.5 Å². The largest absolute Gasteiger partial charge is 0.352 e. The molecule has 0 aromatic carbocycles. The number of pyridine rings is 1. The summed E-state index contributed by atoms with van der Waals surface area (Å²) >= 11 is 0. The van der Waals surface area contributed by atoms with Crippen LogP contribution in [0.25, 0.3) is 0 Å². The van der Waals surface area contributed by atoms with Gasteiger partial charge in [0.15, 0.2) is 0 Å². The molecule has 2 rings (SSSR count). The molecule has 0 spiro atoms. The molecular weight excluding hydrogens is 202 g/mol. The number of nitrogens with zero attached hydrogens (tertiary/aromatic N) is 1. The van der Waals surface area contributed by atoms with Crippen LogP contribution in [-0.4, -0.2) is 23.5 Å². The van der Waals surface area contributed by atoms with Crippen molar-refractivity contribution in [2.45, 2.75) is 31.8 Å². The summed E-state index contributed by atoms with van der Waals surface area (Å²) in [5.41, 5.74) is 1.22. The molecule has 0 aliphatic carbocycles. The summed E-state index contributed by atoms with van der Waals surface area (Å²) in [5, 5.41) is 6.37. The van der Waals surface area contributed by atoms with Gasteiger partial charge in [-0.15, -0.1) is 0 Å². The van der Waals surface area contributed by atoms with Crippen molar-refractivity contribution in [3.8, 4) is 0 Å². The second-order valence-electron chi connectivity index (χ2n) is 4.21. The molecule has 1 saturated heterocycles. The van der Waals surface area contributed by atoms with Crippen molar-refractivity contribution < 1.29 is 4.79 Å². The third-order valence-electron chi connectivity index (χ3n) is 2.96. The molecule has 86 valence electrons. The summed E-state index contributed by atoms with van der Waals surface area (Å²) in [6.07, 6.45) is 5.20. The lowest BCUT2D eigenvalue weighted by Gasteiger charge is -2.17. The minimum Gasteiger partial charge on any atom is -0.352 e. The van der Waals surface area contributed by atoms with Crippen molar-refractivity contribution in [2.24, 2.45) is 0 Å². The Morgan fingerprint density at radius 3 is 2.94 bits per heavy atom. The van der Waals surface area contributed by atoms with Crippen LogP contribution in [-0.2, 0) is 4.79 Å². The number of carbonyl (C=O) groups is 1. The molecule has 1 unspecified atom stereocenters. The number of rotatable bonds is 4. The standard InChI is InChI=1S/C12H17N3O/c1-9(10-4-6-13-7-5-10)14-8-11-2-3-12(16)15-11/h4-7,9,11,14H,2-3,8H2,1H3,(H,15,16)/t9-,11?/m0/s1. The third-order valence-corrected chi connectivity index (χ3v) is 2.96. The maximum atomic E-state index is 11.0. The normalized spacial score (nSPS) is 21.8. The molecule has 4 nitrogen and oxygen atoms in total. The first kappa shape index (κ1) is 11.1. The Bertz CT molecular complexity index is 353. The Hall–Kier alpha value is -1.42. The molecule has 1 fully saturated rings. The highest BCUT2D eigenvalue weighted by Gasteiger charge is 2.20. The molecule has 1 aromatic rings. The molecule has 4 heteroatoms. The zero-order chi connectivity index (χ0) is 11.4. The van der Waals surface area contributed by atoms with Gasteiger partial charge in [-0.3, -0.25) is 9.78 Å². The molecule has 0 radical (unpaired) electrons. The fourth-order valence-corrected chi connectivity index (χ4v) is 1.92. The molecule has 2 atom stereocenters. The molecule has 1 aromatic heterocycles. The van der Waals surface area contributed by atoms with E-state index in [0.717, 1.165) is 13.0 Å². The highest BCUT2D eigenvalue weighted by Crippen LogP contribution is 2.11. The summed E-state index contributed by atoms with van der Waals surface area (Å²) in [6, 6.07) is 4.59. The molecule has 0 bridgehead atoms. The van der Waals surface area contributed by atoms with Crippen LogP contribution in [0, 0.1) is 0 Å². The highest BCUT2D eigenvalue weighted by atomic mass is 16.1. The minimum absolute atomic E-state index is 0.170.